The van der Waals surface area contributed by atoms with E-state index >= 15 is 0 Å². The van der Waals surface area contributed by atoms with E-state index in [1.807, 2.05) is 0 Å². The van der Waals surface area contributed by atoms with Crippen molar-refractivity contribution in [2.75, 3.05) is 20.3 Å². The fourth-order valence-electron chi connectivity index (χ4n) is 2.54. The topological polar surface area (TPSA) is 52.6 Å². The Bertz CT molecular complexity index is 270. The first-order valence-electron chi connectivity index (χ1n) is 5.37. The molecule has 1 heterocycles. The van der Waals surface area contributed by atoms with E-state index in [-0.39, 0.29) is 11.9 Å². The Morgan fingerprint density at radius 1 is 1.40 bits per heavy atom. The van der Waals surface area contributed by atoms with E-state index in [9.17, 15) is 9.59 Å². The lowest BCUT2D eigenvalue weighted by Gasteiger charge is -2.45. The van der Waals surface area contributed by atoms with Crippen LogP contribution < -0.4 is 0 Å². The van der Waals surface area contributed by atoms with Gasteiger partial charge in [0.2, 0.25) is 0 Å². The van der Waals surface area contributed by atoms with E-state index in [2.05, 4.69) is 0 Å². The van der Waals surface area contributed by atoms with Gasteiger partial charge in [0.25, 0.3) is 0 Å². The molecule has 2 rings (SSSR count). The third-order valence-electron chi connectivity index (χ3n) is 3.64. The molecule has 1 saturated heterocycles. The minimum atomic E-state index is -0.449. The highest BCUT2D eigenvalue weighted by molar-refractivity contribution is 5.81. The van der Waals surface area contributed by atoms with Crippen molar-refractivity contribution in [1.29, 1.82) is 0 Å². The van der Waals surface area contributed by atoms with Gasteiger partial charge in [-0.3, -0.25) is 9.59 Å². The monoisotopic (exact) mass is 212 g/mol. The highest BCUT2D eigenvalue weighted by Crippen LogP contribution is 2.43. The maximum absolute atomic E-state index is 11.7. The zero-order chi connectivity index (χ0) is 10.9. The van der Waals surface area contributed by atoms with Crippen LogP contribution in [0.15, 0.2) is 0 Å². The number of esters is 1. The molecule has 1 aliphatic carbocycles. The first-order chi connectivity index (χ1) is 7.19. The van der Waals surface area contributed by atoms with E-state index in [1.54, 1.807) is 0 Å². The molecule has 0 radical (unpaired) electrons. The van der Waals surface area contributed by atoms with Gasteiger partial charge >= 0.3 is 5.97 Å². The van der Waals surface area contributed by atoms with Crippen molar-refractivity contribution in [1.82, 2.24) is 0 Å². The van der Waals surface area contributed by atoms with E-state index in [0.29, 0.717) is 31.8 Å². The van der Waals surface area contributed by atoms with Crippen LogP contribution in [-0.2, 0) is 19.1 Å². The molecule has 1 saturated carbocycles. The molecule has 0 aromatic carbocycles. The highest BCUT2D eigenvalue weighted by atomic mass is 16.5. The molecule has 0 amide bonds. The van der Waals surface area contributed by atoms with E-state index in [4.69, 9.17) is 9.47 Å². The molecular weight excluding hydrogens is 196 g/mol. The van der Waals surface area contributed by atoms with Crippen LogP contribution >= 0.6 is 0 Å². The Morgan fingerprint density at radius 2 is 2.00 bits per heavy atom. The minimum Gasteiger partial charge on any atom is -0.468 e. The van der Waals surface area contributed by atoms with Gasteiger partial charge in [-0.25, -0.2) is 0 Å². The lowest BCUT2D eigenvalue weighted by Crippen LogP contribution is -2.55. The summed E-state index contributed by atoms with van der Waals surface area (Å²) in [7, 11) is 1.41. The molecule has 2 aliphatic rings. The van der Waals surface area contributed by atoms with Crippen LogP contribution in [0.25, 0.3) is 0 Å². The number of hydrogen-bond donors (Lipinski definition) is 0. The Balaban J connectivity index is 2.06. The Hall–Kier alpha value is -0.900. The van der Waals surface area contributed by atoms with Gasteiger partial charge in [-0.1, -0.05) is 0 Å². The summed E-state index contributed by atoms with van der Waals surface area (Å²) in [5.41, 5.74) is -0.449. The zero-order valence-electron chi connectivity index (χ0n) is 8.95. The third kappa shape index (κ3) is 1.67. The molecule has 15 heavy (non-hydrogen) atoms. The van der Waals surface area contributed by atoms with Crippen molar-refractivity contribution < 1.29 is 19.1 Å². The molecule has 0 atom stereocenters. The fourth-order valence-corrected chi connectivity index (χ4v) is 2.54. The second-order valence-electron chi connectivity index (χ2n) is 4.45. The lowest BCUT2D eigenvalue weighted by molar-refractivity contribution is -0.198. The second kappa shape index (κ2) is 3.93. The van der Waals surface area contributed by atoms with Crippen molar-refractivity contribution in [3.8, 4) is 0 Å². The number of hydrogen-bond acceptors (Lipinski definition) is 4. The number of ether oxygens (including phenoxy) is 2. The summed E-state index contributed by atoms with van der Waals surface area (Å²) in [5.74, 6) is 0.399. The summed E-state index contributed by atoms with van der Waals surface area (Å²) < 4.78 is 9.99. The Kier molecular flexibility index (Phi) is 2.78. The molecular formula is C11H16O4. The zero-order valence-corrected chi connectivity index (χ0v) is 8.95. The summed E-state index contributed by atoms with van der Waals surface area (Å²) >= 11 is 0. The van der Waals surface area contributed by atoms with E-state index in [0.717, 1.165) is 12.8 Å². The number of carbonyl (C=O) groups is 2. The van der Waals surface area contributed by atoms with Crippen LogP contribution in [0, 0.1) is 11.3 Å². The molecule has 0 aromatic rings. The highest BCUT2D eigenvalue weighted by Gasteiger charge is 2.53. The van der Waals surface area contributed by atoms with Gasteiger partial charge in [-0.15, -0.1) is 0 Å². The molecule has 4 heteroatoms. The van der Waals surface area contributed by atoms with Gasteiger partial charge in [0, 0.05) is 12.8 Å². The van der Waals surface area contributed by atoms with Crippen LogP contribution in [0.2, 0.25) is 0 Å². The lowest BCUT2D eigenvalue weighted by atomic mass is 9.67. The molecule has 0 N–H and O–H groups in total. The summed E-state index contributed by atoms with van der Waals surface area (Å²) in [4.78, 5) is 22.8. The molecule has 4 nitrogen and oxygen atoms in total. The smallest absolute Gasteiger partial charge is 0.316 e. The van der Waals surface area contributed by atoms with Gasteiger partial charge in [-0.2, -0.15) is 0 Å². The number of carbonyl (C=O) groups excluding carboxylic acids is 2. The van der Waals surface area contributed by atoms with Crippen molar-refractivity contribution in [3.63, 3.8) is 0 Å². The van der Waals surface area contributed by atoms with Crippen LogP contribution in [0.1, 0.15) is 25.7 Å². The summed E-state index contributed by atoms with van der Waals surface area (Å²) in [6, 6.07) is 0. The largest absolute Gasteiger partial charge is 0.468 e. The second-order valence-corrected chi connectivity index (χ2v) is 4.45. The fraction of sp³-hybridized carbons (Fsp3) is 0.818. The van der Waals surface area contributed by atoms with Crippen molar-refractivity contribution >= 4 is 11.8 Å². The van der Waals surface area contributed by atoms with Gasteiger partial charge in [0.05, 0.1) is 20.3 Å². The van der Waals surface area contributed by atoms with Gasteiger partial charge in [0.1, 0.15) is 11.2 Å². The van der Waals surface area contributed by atoms with Crippen molar-refractivity contribution in [2.45, 2.75) is 25.7 Å². The van der Waals surface area contributed by atoms with E-state index in [1.165, 1.54) is 7.11 Å². The first-order valence-corrected chi connectivity index (χ1v) is 5.37. The van der Waals surface area contributed by atoms with Crippen LogP contribution in [0.5, 0.6) is 0 Å². The summed E-state index contributed by atoms with van der Waals surface area (Å²) in [5, 5.41) is 0. The predicted molar refractivity (Wildman–Crippen MR) is 52.2 cm³/mol. The maximum atomic E-state index is 11.7. The van der Waals surface area contributed by atoms with Crippen molar-refractivity contribution in [2.24, 2.45) is 11.3 Å². The number of methoxy groups -OCH3 is 1. The average molecular weight is 212 g/mol. The summed E-state index contributed by atoms with van der Waals surface area (Å²) in [6.07, 6.45) is 2.81. The first kappa shape index (κ1) is 10.6. The summed E-state index contributed by atoms with van der Waals surface area (Å²) in [6.45, 7) is 0.914. The van der Waals surface area contributed by atoms with Crippen LogP contribution in [-0.4, -0.2) is 32.1 Å². The van der Waals surface area contributed by atoms with Gasteiger partial charge in [-0.05, 0) is 18.8 Å². The predicted octanol–water partition coefficient (Wildman–Crippen LogP) is 0.935. The minimum absolute atomic E-state index is 0.173. The molecule has 2 fully saturated rings. The molecule has 84 valence electrons. The van der Waals surface area contributed by atoms with E-state index < -0.39 is 5.41 Å². The third-order valence-corrected chi connectivity index (χ3v) is 3.64. The number of ketones is 1. The standard InChI is InChI=1S/C11H16O4/c1-14-10(13)11(6-15-7-11)8-2-4-9(12)5-3-8/h8H,2-7H2,1H3. The quantitative estimate of drug-likeness (QED) is 0.639. The van der Waals surface area contributed by atoms with Crippen molar-refractivity contribution in [3.05, 3.63) is 0 Å². The Morgan fingerprint density at radius 3 is 2.40 bits per heavy atom. The normalized spacial score (nSPS) is 25.8. The SMILES string of the molecule is COC(=O)C1(C2CCC(=O)CC2)COC1. The molecule has 0 bridgehead atoms. The molecule has 0 unspecified atom stereocenters. The number of Topliss-reactive ketones (excluding diaryl/α,β-unsaturated/α-hetero) is 1. The van der Waals surface area contributed by atoms with Crippen LogP contribution in [0.4, 0.5) is 0 Å². The number of rotatable bonds is 2. The van der Waals surface area contributed by atoms with Gasteiger partial charge < -0.3 is 9.47 Å². The molecule has 1 aliphatic heterocycles. The maximum Gasteiger partial charge on any atom is 0.316 e. The van der Waals surface area contributed by atoms with Gasteiger partial charge in [0.15, 0.2) is 0 Å². The molecule has 0 spiro atoms. The molecule has 0 aromatic heterocycles. The Labute approximate surface area is 88.9 Å². The van der Waals surface area contributed by atoms with Crippen LogP contribution in [0.3, 0.4) is 0 Å². The average Bonchev–Trinajstić information content (AvgIpc) is 2.19.